The number of nitrogens with zero attached hydrogens (tertiary/aromatic N) is 1. The molecule has 312 valence electrons. The highest BCUT2D eigenvalue weighted by atomic mass is 127. The predicted molar refractivity (Wildman–Crippen MR) is 225 cm³/mol. The fourth-order valence-corrected chi connectivity index (χ4v) is 5.78. The average molecular weight is 895 g/mol. The van der Waals surface area contributed by atoms with Crippen LogP contribution in [-0.2, 0) is 46.4 Å². The Kier molecular flexibility index (Phi) is 20.7. The van der Waals surface area contributed by atoms with Gasteiger partial charge in [0.05, 0.1) is 25.9 Å². The van der Waals surface area contributed by atoms with Crippen LogP contribution in [0.2, 0.25) is 0 Å². The third kappa shape index (κ3) is 19.3. The van der Waals surface area contributed by atoms with Crippen LogP contribution >= 0.6 is 22.6 Å². The van der Waals surface area contributed by atoms with Crippen molar-refractivity contribution < 1.29 is 42.9 Å². The van der Waals surface area contributed by atoms with Crippen molar-refractivity contribution >= 4 is 52.4 Å². The first kappa shape index (κ1) is 48.2. The number of alkyl halides is 1. The van der Waals surface area contributed by atoms with E-state index in [1.807, 2.05) is 81.2 Å². The molecule has 0 radical (unpaired) electrons. The van der Waals surface area contributed by atoms with E-state index in [0.717, 1.165) is 16.7 Å². The SMILES string of the molecule is CC(=O)N[C@@H](CCCC(=O)OC(C)(C)C)C(=O)NC(CCc1ccccc1)C(=O)NCc1cc(OCCC2CN(C(=O)OC(C)(C)C)CCO2)ccc1C.CI. The monoisotopic (exact) mass is 894 g/mol. The number of ether oxygens (including phenoxy) is 4. The van der Waals surface area contributed by atoms with Gasteiger partial charge in [-0.15, -0.1) is 0 Å². The molecule has 4 amide bonds. The van der Waals surface area contributed by atoms with Crippen LogP contribution in [0.1, 0.15) is 97.3 Å². The van der Waals surface area contributed by atoms with Gasteiger partial charge in [-0.25, -0.2) is 4.79 Å². The van der Waals surface area contributed by atoms with Crippen LogP contribution in [0.3, 0.4) is 0 Å². The second-order valence-electron chi connectivity index (χ2n) is 15.7. The number of rotatable bonds is 17. The van der Waals surface area contributed by atoms with Crippen molar-refractivity contribution in [2.75, 3.05) is 31.2 Å². The molecule has 1 heterocycles. The molecule has 1 aliphatic rings. The maximum absolute atomic E-state index is 13.7. The summed E-state index contributed by atoms with van der Waals surface area (Å²) in [5.41, 5.74) is 1.60. The molecule has 14 heteroatoms. The van der Waals surface area contributed by atoms with Crippen molar-refractivity contribution in [2.45, 2.75) is 130 Å². The first-order valence-electron chi connectivity index (χ1n) is 19.2. The smallest absolute Gasteiger partial charge is 0.410 e. The van der Waals surface area contributed by atoms with Crippen LogP contribution in [0.4, 0.5) is 4.79 Å². The van der Waals surface area contributed by atoms with Crippen LogP contribution in [0.25, 0.3) is 0 Å². The van der Waals surface area contributed by atoms with Gasteiger partial charge in [0, 0.05) is 32.9 Å². The molecule has 0 bridgehead atoms. The highest BCUT2D eigenvalue weighted by Gasteiger charge is 2.29. The largest absolute Gasteiger partial charge is 0.493 e. The molecule has 1 saturated heterocycles. The molecular formula is C42H63IN4O9. The number of morpholine rings is 1. The molecule has 13 nitrogen and oxygen atoms in total. The summed E-state index contributed by atoms with van der Waals surface area (Å²) in [7, 11) is 0. The zero-order valence-corrected chi connectivity index (χ0v) is 36.8. The highest BCUT2D eigenvalue weighted by Crippen LogP contribution is 2.20. The lowest BCUT2D eigenvalue weighted by molar-refractivity contribution is -0.155. The summed E-state index contributed by atoms with van der Waals surface area (Å²) >= 11 is 2.15. The van der Waals surface area contributed by atoms with E-state index in [1.165, 1.54) is 6.92 Å². The van der Waals surface area contributed by atoms with Crippen molar-refractivity contribution in [2.24, 2.45) is 0 Å². The van der Waals surface area contributed by atoms with Crippen molar-refractivity contribution in [3.8, 4) is 5.75 Å². The minimum absolute atomic E-state index is 0.0851. The summed E-state index contributed by atoms with van der Waals surface area (Å²) in [6.45, 7) is 16.0. The van der Waals surface area contributed by atoms with E-state index in [9.17, 15) is 24.0 Å². The Labute approximate surface area is 346 Å². The molecule has 56 heavy (non-hydrogen) atoms. The molecule has 1 aliphatic heterocycles. The molecule has 0 saturated carbocycles. The molecule has 3 atom stereocenters. The molecule has 0 spiro atoms. The molecule has 2 aromatic carbocycles. The van der Waals surface area contributed by atoms with E-state index in [2.05, 4.69) is 38.5 Å². The molecule has 2 aromatic rings. The van der Waals surface area contributed by atoms with Crippen LogP contribution in [-0.4, -0.2) is 95.3 Å². The second-order valence-corrected chi connectivity index (χ2v) is 15.7. The fourth-order valence-electron chi connectivity index (χ4n) is 5.78. The van der Waals surface area contributed by atoms with Crippen molar-refractivity contribution in [1.82, 2.24) is 20.9 Å². The van der Waals surface area contributed by atoms with E-state index in [1.54, 1.807) is 25.7 Å². The third-order valence-electron chi connectivity index (χ3n) is 8.46. The summed E-state index contributed by atoms with van der Waals surface area (Å²) in [4.78, 5) is 67.6. The molecule has 1 fully saturated rings. The number of benzene rings is 2. The Hall–Kier alpha value is -3.92. The number of amides is 4. The van der Waals surface area contributed by atoms with Gasteiger partial charge in [0.15, 0.2) is 0 Å². The summed E-state index contributed by atoms with van der Waals surface area (Å²) in [6.07, 6.45) is 1.47. The lowest BCUT2D eigenvalue weighted by atomic mass is 10.0. The molecule has 0 aliphatic carbocycles. The standard InChI is InChI=1S/C41H60N4O9.CH3I/c1-28-17-19-32(51-23-21-33-27-45(22-24-52-33)39(50)54-41(6,7)8)25-31(28)26-42-37(48)35(20-18-30-13-10-9-11-14-30)44-38(49)34(43-29(2)46)15-12-16-36(47)53-40(3,4)5;1-2/h9-11,13-14,17,19,25,33-35H,12,15-16,18,20-24,26-27H2,1-8H3,(H,42,48)(H,43,46)(H,44,49);1H3/t33?,34-,35?;/m0./s1. The quantitative estimate of drug-likeness (QED) is 0.0955. The van der Waals surface area contributed by atoms with E-state index in [0.29, 0.717) is 57.7 Å². The molecule has 0 aromatic heterocycles. The molecule has 3 rings (SSSR count). The number of esters is 1. The van der Waals surface area contributed by atoms with Gasteiger partial charge in [0.1, 0.15) is 29.0 Å². The maximum atomic E-state index is 13.7. The van der Waals surface area contributed by atoms with Gasteiger partial charge in [-0.05, 0) is 108 Å². The maximum Gasteiger partial charge on any atom is 0.410 e. The normalized spacial score (nSPS) is 15.2. The van der Waals surface area contributed by atoms with Gasteiger partial charge in [-0.3, -0.25) is 19.2 Å². The Morgan fingerprint density at radius 1 is 0.893 bits per heavy atom. The summed E-state index contributed by atoms with van der Waals surface area (Å²) < 4.78 is 22.8. The lowest BCUT2D eigenvalue weighted by Crippen LogP contribution is -2.53. The lowest BCUT2D eigenvalue weighted by Gasteiger charge is -2.34. The van der Waals surface area contributed by atoms with Crippen molar-refractivity contribution in [3.05, 3.63) is 65.2 Å². The number of nitrogens with one attached hydrogen (secondary N) is 3. The first-order chi connectivity index (χ1) is 26.4. The minimum Gasteiger partial charge on any atom is -0.493 e. The number of hydrogen-bond acceptors (Lipinski definition) is 9. The van der Waals surface area contributed by atoms with Gasteiger partial charge >= 0.3 is 12.1 Å². The Morgan fingerprint density at radius 2 is 1.55 bits per heavy atom. The highest BCUT2D eigenvalue weighted by molar-refractivity contribution is 14.1. The van der Waals surface area contributed by atoms with Gasteiger partial charge < -0.3 is 39.8 Å². The zero-order chi connectivity index (χ0) is 41.9. The molecule has 2 unspecified atom stereocenters. The Bertz CT molecular complexity index is 1560. The second kappa shape index (κ2) is 24.0. The van der Waals surface area contributed by atoms with E-state index >= 15 is 0 Å². The summed E-state index contributed by atoms with van der Waals surface area (Å²) in [5.74, 6) is -1.04. The van der Waals surface area contributed by atoms with E-state index < -0.39 is 35.1 Å². The van der Waals surface area contributed by atoms with Gasteiger partial charge in [-0.1, -0.05) is 59.0 Å². The van der Waals surface area contributed by atoms with Gasteiger partial charge in [-0.2, -0.15) is 0 Å². The summed E-state index contributed by atoms with van der Waals surface area (Å²) in [5, 5.41) is 8.51. The average Bonchev–Trinajstić information content (AvgIpc) is 3.12. The fraction of sp³-hybridized carbons (Fsp3) is 0.595. The Balaban J connectivity index is 0.00000532. The van der Waals surface area contributed by atoms with Crippen molar-refractivity contribution in [3.63, 3.8) is 0 Å². The third-order valence-corrected chi connectivity index (χ3v) is 8.46. The van der Waals surface area contributed by atoms with Crippen LogP contribution in [0.5, 0.6) is 5.75 Å². The van der Waals surface area contributed by atoms with E-state index in [4.69, 9.17) is 18.9 Å². The minimum atomic E-state index is -0.938. The zero-order valence-electron chi connectivity index (χ0n) is 34.6. The number of halogens is 1. The number of aryl methyl sites for hydroxylation is 2. The Morgan fingerprint density at radius 3 is 2.20 bits per heavy atom. The molecular weight excluding hydrogens is 831 g/mol. The van der Waals surface area contributed by atoms with Crippen LogP contribution in [0.15, 0.2) is 48.5 Å². The topological polar surface area (TPSA) is 162 Å². The summed E-state index contributed by atoms with van der Waals surface area (Å²) in [6, 6.07) is 13.5. The number of carbonyl (C=O) groups is 5. The first-order valence-corrected chi connectivity index (χ1v) is 21.3. The molecule has 3 N–H and O–H groups in total. The van der Waals surface area contributed by atoms with Gasteiger partial charge in [0.2, 0.25) is 17.7 Å². The van der Waals surface area contributed by atoms with Crippen LogP contribution < -0.4 is 20.7 Å². The van der Waals surface area contributed by atoms with Gasteiger partial charge in [0.25, 0.3) is 0 Å². The van der Waals surface area contributed by atoms with E-state index in [-0.39, 0.29) is 43.5 Å². The number of carbonyl (C=O) groups excluding carboxylic acids is 5. The van der Waals surface area contributed by atoms with Crippen LogP contribution in [0, 0.1) is 6.92 Å². The predicted octanol–water partition coefficient (Wildman–Crippen LogP) is 6.20. The number of hydrogen-bond donors (Lipinski definition) is 3. The van der Waals surface area contributed by atoms with Crippen molar-refractivity contribution in [1.29, 1.82) is 0 Å².